The number of carbonyl (C=O) groups excluding carboxylic acids is 1. The van der Waals surface area contributed by atoms with Crippen molar-refractivity contribution < 1.29 is 18.4 Å². The highest BCUT2D eigenvalue weighted by Gasteiger charge is 2.21. The molecule has 8 nitrogen and oxygen atoms in total. The monoisotopic (exact) mass is 456 g/mol. The molecule has 0 unspecified atom stereocenters. The molecule has 1 amide bonds. The Bertz CT molecular complexity index is 1140. The zero-order valence-corrected chi connectivity index (χ0v) is 18.5. The number of nitrogens with zero attached hydrogens (tertiary/aromatic N) is 3. The standard InChI is InChI=1S/C23H26F2N6O2/c1-4-19(13(2)26)30-21-12-29-20(17-8-16(33-3)5-6-18(17)24)9-22(21)31(25)15-7-14(23(27)32)10-28-11-15/h5-13,19,30H,4,26H2,1-3H3,(H2,27,32)/t13-,19+/m0/s1. The van der Waals surface area contributed by atoms with Gasteiger partial charge >= 0.3 is 0 Å². The molecule has 0 spiro atoms. The van der Waals surface area contributed by atoms with Gasteiger partial charge in [-0.2, -0.15) is 5.12 Å². The van der Waals surface area contributed by atoms with Crippen LogP contribution < -0.4 is 26.6 Å². The number of hydrogen-bond donors (Lipinski definition) is 3. The Morgan fingerprint density at radius 2 is 2.00 bits per heavy atom. The predicted octanol–water partition coefficient (Wildman–Crippen LogP) is 3.95. The van der Waals surface area contributed by atoms with Gasteiger partial charge in [-0.15, -0.1) is 0 Å². The molecule has 0 aliphatic carbocycles. The van der Waals surface area contributed by atoms with E-state index in [-0.39, 0.29) is 40.3 Å². The molecule has 2 aromatic heterocycles. The number of ether oxygens (including phenoxy) is 1. The molecular formula is C23H26F2N6O2. The molecule has 1 aromatic carbocycles. The molecule has 0 aliphatic heterocycles. The maximum Gasteiger partial charge on any atom is 0.250 e. The van der Waals surface area contributed by atoms with Crippen molar-refractivity contribution in [3.8, 4) is 17.0 Å². The van der Waals surface area contributed by atoms with E-state index in [1.54, 1.807) is 0 Å². The number of pyridine rings is 2. The Balaban J connectivity index is 2.14. The molecular weight excluding hydrogens is 430 g/mol. The van der Waals surface area contributed by atoms with Crippen molar-refractivity contribution in [1.82, 2.24) is 9.97 Å². The van der Waals surface area contributed by atoms with E-state index in [1.165, 1.54) is 56.0 Å². The second-order valence-corrected chi connectivity index (χ2v) is 7.53. The van der Waals surface area contributed by atoms with Crippen LogP contribution >= 0.6 is 0 Å². The number of rotatable bonds is 9. The van der Waals surface area contributed by atoms with Gasteiger partial charge in [0.05, 0.1) is 42.1 Å². The zero-order valence-electron chi connectivity index (χ0n) is 18.5. The largest absolute Gasteiger partial charge is 0.497 e. The number of hydrogen-bond acceptors (Lipinski definition) is 7. The molecule has 5 N–H and O–H groups in total. The van der Waals surface area contributed by atoms with Crippen molar-refractivity contribution in [3.63, 3.8) is 0 Å². The first-order chi connectivity index (χ1) is 15.7. The smallest absolute Gasteiger partial charge is 0.250 e. The van der Waals surface area contributed by atoms with Crippen LogP contribution in [0.2, 0.25) is 0 Å². The summed E-state index contributed by atoms with van der Waals surface area (Å²) in [5.74, 6) is -0.858. The highest BCUT2D eigenvalue weighted by Crippen LogP contribution is 2.37. The van der Waals surface area contributed by atoms with Crippen LogP contribution in [0, 0.1) is 5.82 Å². The molecule has 0 saturated heterocycles. The number of nitrogens with one attached hydrogen (secondary N) is 1. The van der Waals surface area contributed by atoms with Crippen molar-refractivity contribution in [2.45, 2.75) is 32.4 Å². The van der Waals surface area contributed by atoms with Crippen LogP contribution in [0.1, 0.15) is 30.6 Å². The molecule has 33 heavy (non-hydrogen) atoms. The van der Waals surface area contributed by atoms with E-state index in [1.807, 2.05) is 13.8 Å². The van der Waals surface area contributed by atoms with Crippen molar-refractivity contribution in [2.24, 2.45) is 11.5 Å². The Labute approximate surface area is 190 Å². The molecule has 174 valence electrons. The molecule has 2 atom stereocenters. The van der Waals surface area contributed by atoms with Gasteiger partial charge in [0.2, 0.25) is 5.91 Å². The first kappa shape index (κ1) is 23.9. The average molecular weight is 456 g/mol. The third kappa shape index (κ3) is 5.35. The van der Waals surface area contributed by atoms with Gasteiger partial charge in [0.15, 0.2) is 0 Å². The average Bonchev–Trinajstić information content (AvgIpc) is 2.82. The lowest BCUT2D eigenvalue weighted by Gasteiger charge is -2.25. The molecule has 0 bridgehead atoms. The number of carbonyl (C=O) groups is 1. The highest BCUT2D eigenvalue weighted by atomic mass is 19.2. The summed E-state index contributed by atoms with van der Waals surface area (Å²) in [5, 5.41) is 3.53. The summed E-state index contributed by atoms with van der Waals surface area (Å²) in [6.07, 6.45) is 4.57. The Morgan fingerprint density at radius 3 is 2.64 bits per heavy atom. The van der Waals surface area contributed by atoms with Gasteiger partial charge in [-0.05, 0) is 43.7 Å². The van der Waals surface area contributed by atoms with Gasteiger partial charge in [0.25, 0.3) is 0 Å². The number of aromatic nitrogens is 2. The van der Waals surface area contributed by atoms with Crippen molar-refractivity contribution in [3.05, 3.63) is 60.3 Å². The fraction of sp³-hybridized carbons (Fsp3) is 0.261. The number of amides is 1. The van der Waals surface area contributed by atoms with E-state index >= 15 is 4.48 Å². The Morgan fingerprint density at radius 1 is 1.24 bits per heavy atom. The second kappa shape index (κ2) is 10.2. The summed E-state index contributed by atoms with van der Waals surface area (Å²) in [6.45, 7) is 3.78. The number of primary amides is 1. The first-order valence-corrected chi connectivity index (χ1v) is 10.3. The molecule has 0 saturated carbocycles. The number of halogens is 2. The molecule has 0 fully saturated rings. The van der Waals surface area contributed by atoms with Gasteiger partial charge in [-0.25, -0.2) is 4.39 Å². The molecule has 2 heterocycles. The summed E-state index contributed by atoms with van der Waals surface area (Å²) < 4.78 is 35.4. The fourth-order valence-corrected chi connectivity index (χ4v) is 3.31. The van der Waals surface area contributed by atoms with Crippen LogP contribution in [0.15, 0.2) is 48.9 Å². The minimum absolute atomic E-state index is 0.0322. The van der Waals surface area contributed by atoms with E-state index in [9.17, 15) is 9.18 Å². The van der Waals surface area contributed by atoms with Crippen LogP contribution in [-0.2, 0) is 0 Å². The summed E-state index contributed by atoms with van der Waals surface area (Å²) in [7, 11) is 1.46. The van der Waals surface area contributed by atoms with Crippen LogP contribution in [-0.4, -0.2) is 35.1 Å². The van der Waals surface area contributed by atoms with Gasteiger partial charge in [-0.3, -0.25) is 14.8 Å². The van der Waals surface area contributed by atoms with Crippen molar-refractivity contribution in [1.29, 1.82) is 0 Å². The number of benzene rings is 1. The summed E-state index contributed by atoms with van der Waals surface area (Å²) in [5.41, 5.74) is 12.0. The third-order valence-electron chi connectivity index (χ3n) is 5.19. The van der Waals surface area contributed by atoms with Gasteiger partial charge < -0.3 is 21.5 Å². The SMILES string of the molecule is CC[C@@H](Nc1cnc(-c2cc(OC)ccc2F)cc1N(F)c1cncc(C(N)=O)c1)[C@H](C)N. The van der Waals surface area contributed by atoms with Crippen LogP contribution in [0.25, 0.3) is 11.3 Å². The van der Waals surface area contributed by atoms with Gasteiger partial charge in [0.1, 0.15) is 17.3 Å². The Hall–Kier alpha value is -3.79. The van der Waals surface area contributed by atoms with Gasteiger partial charge in [0, 0.05) is 23.8 Å². The number of methoxy groups -OCH3 is 1. The lowest BCUT2D eigenvalue weighted by Crippen LogP contribution is -2.37. The summed E-state index contributed by atoms with van der Waals surface area (Å²) >= 11 is 0. The zero-order chi connectivity index (χ0) is 24.1. The summed E-state index contributed by atoms with van der Waals surface area (Å²) in [6, 6.07) is 6.47. The maximum atomic E-state index is 15.7. The maximum absolute atomic E-state index is 15.7. The summed E-state index contributed by atoms with van der Waals surface area (Å²) in [4.78, 5) is 19.7. The Kier molecular flexibility index (Phi) is 7.39. The van der Waals surface area contributed by atoms with E-state index in [0.717, 1.165) is 0 Å². The topological polar surface area (TPSA) is 119 Å². The minimum atomic E-state index is -0.743. The lowest BCUT2D eigenvalue weighted by molar-refractivity contribution is 0.1000. The molecule has 10 heteroatoms. The quantitative estimate of drug-likeness (QED) is 0.417. The molecule has 0 radical (unpaired) electrons. The van der Waals surface area contributed by atoms with Crippen LogP contribution in [0.5, 0.6) is 5.75 Å². The fourth-order valence-electron chi connectivity index (χ4n) is 3.31. The number of anilines is 3. The van der Waals surface area contributed by atoms with Crippen molar-refractivity contribution >= 4 is 23.0 Å². The minimum Gasteiger partial charge on any atom is -0.497 e. The highest BCUT2D eigenvalue weighted by molar-refractivity contribution is 5.93. The predicted molar refractivity (Wildman–Crippen MR) is 124 cm³/mol. The normalized spacial score (nSPS) is 12.7. The van der Waals surface area contributed by atoms with E-state index < -0.39 is 11.7 Å². The first-order valence-electron chi connectivity index (χ1n) is 10.3. The van der Waals surface area contributed by atoms with Gasteiger partial charge in [-0.1, -0.05) is 11.4 Å². The molecule has 3 rings (SSSR count). The molecule has 3 aromatic rings. The third-order valence-corrected chi connectivity index (χ3v) is 5.19. The van der Waals surface area contributed by atoms with E-state index in [0.29, 0.717) is 23.0 Å². The van der Waals surface area contributed by atoms with E-state index in [4.69, 9.17) is 16.2 Å². The number of nitrogens with two attached hydrogens (primary N) is 2. The second-order valence-electron chi connectivity index (χ2n) is 7.53. The van der Waals surface area contributed by atoms with E-state index in [2.05, 4.69) is 15.3 Å². The molecule has 0 aliphatic rings. The van der Waals surface area contributed by atoms with Crippen LogP contribution in [0.4, 0.5) is 25.9 Å². The van der Waals surface area contributed by atoms with Crippen LogP contribution in [0.3, 0.4) is 0 Å². The van der Waals surface area contributed by atoms with Crippen molar-refractivity contribution in [2.75, 3.05) is 17.5 Å². The lowest BCUT2D eigenvalue weighted by atomic mass is 10.1.